The molecule has 1 aromatic carbocycles. The Morgan fingerprint density at radius 3 is 2.64 bits per heavy atom. The van der Waals surface area contributed by atoms with Crippen molar-refractivity contribution in [3.63, 3.8) is 0 Å². The van der Waals surface area contributed by atoms with Gasteiger partial charge in [-0.05, 0) is 66.0 Å². The van der Waals surface area contributed by atoms with Crippen molar-refractivity contribution in [3.8, 4) is 23.1 Å². The summed E-state index contributed by atoms with van der Waals surface area (Å²) in [6.45, 7) is 5.36. The van der Waals surface area contributed by atoms with Crippen LogP contribution < -0.4 is 14.8 Å². The van der Waals surface area contributed by atoms with Gasteiger partial charge in [-0.25, -0.2) is 0 Å². The highest BCUT2D eigenvalue weighted by Gasteiger charge is 2.17. The smallest absolute Gasteiger partial charge is 0.316 e. The first-order valence-electron chi connectivity index (χ1n) is 8.86. The summed E-state index contributed by atoms with van der Waals surface area (Å²) in [5.41, 5.74) is 1.01. The van der Waals surface area contributed by atoms with Crippen LogP contribution in [0, 0.1) is 0 Å². The fourth-order valence-electron chi connectivity index (χ4n) is 2.50. The molecule has 0 aliphatic carbocycles. The van der Waals surface area contributed by atoms with Crippen LogP contribution in [-0.2, 0) is 6.42 Å². The number of carbonyl (C=O) groups is 1. The van der Waals surface area contributed by atoms with Gasteiger partial charge in [0.1, 0.15) is 0 Å². The molecule has 0 aliphatic heterocycles. The van der Waals surface area contributed by atoms with Crippen LogP contribution in [0.4, 0.5) is 0 Å². The number of carbonyl (C=O) groups excluding carboxylic acids is 1. The standard InChI is InChI=1S/C19H20BrN3O5/c1-3-25-13-6-5-12(11-15(13)26-4-2)9-10-21-18(24)19-22-17(23-28-19)14-7-8-16(20)27-14/h5-8,11H,3-4,9-10H2,1-2H3,(H,21,24). The van der Waals surface area contributed by atoms with E-state index in [1.807, 2.05) is 32.0 Å². The zero-order valence-electron chi connectivity index (χ0n) is 15.5. The van der Waals surface area contributed by atoms with Gasteiger partial charge in [-0.15, -0.1) is 0 Å². The van der Waals surface area contributed by atoms with E-state index in [4.69, 9.17) is 18.4 Å². The summed E-state index contributed by atoms with van der Waals surface area (Å²) in [7, 11) is 0. The predicted octanol–water partition coefficient (Wildman–Crippen LogP) is 3.86. The Labute approximate surface area is 170 Å². The number of rotatable bonds is 9. The lowest BCUT2D eigenvalue weighted by Gasteiger charge is -2.12. The molecule has 2 aromatic heterocycles. The number of ether oxygens (including phenoxy) is 2. The second-order valence-electron chi connectivity index (χ2n) is 5.68. The van der Waals surface area contributed by atoms with Crippen LogP contribution in [0.3, 0.4) is 0 Å². The van der Waals surface area contributed by atoms with Crippen molar-refractivity contribution in [2.45, 2.75) is 20.3 Å². The molecule has 0 atom stereocenters. The number of amides is 1. The zero-order valence-corrected chi connectivity index (χ0v) is 17.1. The Bertz CT molecular complexity index is 937. The van der Waals surface area contributed by atoms with Crippen molar-refractivity contribution in [1.82, 2.24) is 15.5 Å². The second-order valence-corrected chi connectivity index (χ2v) is 6.46. The van der Waals surface area contributed by atoms with Gasteiger partial charge in [0.05, 0.1) is 13.2 Å². The lowest BCUT2D eigenvalue weighted by molar-refractivity contribution is 0.0910. The third-order valence-corrected chi connectivity index (χ3v) is 4.15. The molecule has 0 saturated heterocycles. The first kappa shape index (κ1) is 19.9. The van der Waals surface area contributed by atoms with Gasteiger partial charge < -0.3 is 23.7 Å². The van der Waals surface area contributed by atoms with Crippen LogP contribution in [0.5, 0.6) is 11.5 Å². The maximum Gasteiger partial charge on any atom is 0.316 e. The average molecular weight is 450 g/mol. The number of nitrogens with one attached hydrogen (secondary N) is 1. The maximum atomic E-state index is 12.2. The predicted molar refractivity (Wildman–Crippen MR) is 105 cm³/mol. The van der Waals surface area contributed by atoms with E-state index in [-0.39, 0.29) is 11.7 Å². The molecule has 28 heavy (non-hydrogen) atoms. The van der Waals surface area contributed by atoms with Crippen molar-refractivity contribution in [1.29, 1.82) is 0 Å². The van der Waals surface area contributed by atoms with E-state index >= 15 is 0 Å². The number of furan rings is 1. The molecule has 0 radical (unpaired) electrons. The van der Waals surface area contributed by atoms with Crippen molar-refractivity contribution in [2.24, 2.45) is 0 Å². The van der Waals surface area contributed by atoms with Gasteiger partial charge in [0.15, 0.2) is 21.9 Å². The first-order valence-corrected chi connectivity index (χ1v) is 9.66. The van der Waals surface area contributed by atoms with Crippen molar-refractivity contribution in [2.75, 3.05) is 19.8 Å². The Morgan fingerprint density at radius 2 is 1.93 bits per heavy atom. The van der Waals surface area contributed by atoms with Crippen LogP contribution >= 0.6 is 15.9 Å². The zero-order chi connectivity index (χ0) is 19.9. The summed E-state index contributed by atoms with van der Waals surface area (Å²) in [5.74, 6) is 1.46. The minimum Gasteiger partial charge on any atom is -0.490 e. The van der Waals surface area contributed by atoms with Crippen LogP contribution in [0.2, 0.25) is 0 Å². The number of benzene rings is 1. The van der Waals surface area contributed by atoms with Crippen LogP contribution in [-0.4, -0.2) is 35.8 Å². The third-order valence-electron chi connectivity index (χ3n) is 3.72. The normalized spacial score (nSPS) is 10.7. The molecule has 1 amide bonds. The Hall–Kier alpha value is -2.81. The Morgan fingerprint density at radius 1 is 1.14 bits per heavy atom. The molecule has 0 fully saturated rings. The van der Waals surface area contributed by atoms with E-state index < -0.39 is 5.91 Å². The van der Waals surface area contributed by atoms with Gasteiger partial charge in [-0.2, -0.15) is 4.98 Å². The molecule has 3 aromatic rings. The molecular weight excluding hydrogens is 430 g/mol. The second kappa shape index (κ2) is 9.41. The maximum absolute atomic E-state index is 12.2. The van der Waals surface area contributed by atoms with Crippen molar-refractivity contribution < 1.29 is 23.2 Å². The van der Waals surface area contributed by atoms with Gasteiger partial charge in [0.25, 0.3) is 0 Å². The monoisotopic (exact) mass is 449 g/mol. The molecule has 148 valence electrons. The highest BCUT2D eigenvalue weighted by atomic mass is 79.9. The Balaban J connectivity index is 1.57. The van der Waals surface area contributed by atoms with E-state index in [1.165, 1.54) is 0 Å². The highest BCUT2D eigenvalue weighted by molar-refractivity contribution is 9.10. The number of halogens is 1. The van der Waals surface area contributed by atoms with E-state index in [0.29, 0.717) is 48.1 Å². The molecule has 3 rings (SSSR count). The summed E-state index contributed by atoms with van der Waals surface area (Å²) < 4.78 is 22.0. The molecule has 8 nitrogen and oxygen atoms in total. The Kier molecular flexibility index (Phi) is 6.70. The molecule has 9 heteroatoms. The molecule has 0 unspecified atom stereocenters. The highest BCUT2D eigenvalue weighted by Crippen LogP contribution is 2.28. The summed E-state index contributed by atoms with van der Waals surface area (Å²) in [6, 6.07) is 9.12. The topological polar surface area (TPSA) is 99.6 Å². The third kappa shape index (κ3) is 4.92. The molecule has 0 spiro atoms. The summed E-state index contributed by atoms with van der Waals surface area (Å²) in [4.78, 5) is 16.3. The van der Waals surface area contributed by atoms with Gasteiger partial charge in [0.2, 0.25) is 5.82 Å². The largest absolute Gasteiger partial charge is 0.490 e. The van der Waals surface area contributed by atoms with Crippen LogP contribution in [0.15, 0.2) is 43.9 Å². The minimum atomic E-state index is -0.444. The summed E-state index contributed by atoms with van der Waals surface area (Å²) in [6.07, 6.45) is 0.615. The minimum absolute atomic E-state index is 0.121. The number of nitrogens with zero attached hydrogens (tertiary/aromatic N) is 2. The number of aromatic nitrogens is 2. The van der Waals surface area contributed by atoms with Crippen molar-refractivity contribution >= 4 is 21.8 Å². The van der Waals surface area contributed by atoms with E-state index in [9.17, 15) is 4.79 Å². The van der Waals surface area contributed by atoms with Gasteiger partial charge >= 0.3 is 11.8 Å². The molecule has 2 heterocycles. The molecule has 0 bridgehead atoms. The fraction of sp³-hybridized carbons (Fsp3) is 0.316. The average Bonchev–Trinajstić information content (AvgIpc) is 3.33. The van der Waals surface area contributed by atoms with Gasteiger partial charge in [-0.3, -0.25) is 4.79 Å². The number of hydrogen-bond donors (Lipinski definition) is 1. The first-order chi connectivity index (χ1) is 13.6. The van der Waals surface area contributed by atoms with Gasteiger partial charge in [-0.1, -0.05) is 11.2 Å². The SMILES string of the molecule is CCOc1ccc(CCNC(=O)c2nc(-c3ccc(Br)o3)no2)cc1OCC. The van der Waals surface area contributed by atoms with Gasteiger partial charge in [0, 0.05) is 6.54 Å². The lowest BCUT2D eigenvalue weighted by atomic mass is 10.1. The number of hydrogen-bond acceptors (Lipinski definition) is 7. The van der Waals surface area contributed by atoms with Crippen molar-refractivity contribution in [3.05, 3.63) is 46.5 Å². The quantitative estimate of drug-likeness (QED) is 0.529. The molecule has 1 N–H and O–H groups in total. The lowest BCUT2D eigenvalue weighted by Crippen LogP contribution is -2.26. The molecule has 0 aliphatic rings. The molecular formula is C19H20BrN3O5. The van der Waals surface area contributed by atoms with Crippen LogP contribution in [0.25, 0.3) is 11.6 Å². The summed E-state index contributed by atoms with van der Waals surface area (Å²) in [5, 5.41) is 6.52. The van der Waals surface area contributed by atoms with E-state index in [1.54, 1.807) is 12.1 Å². The fourth-order valence-corrected chi connectivity index (χ4v) is 2.80. The van der Waals surface area contributed by atoms with E-state index in [2.05, 4.69) is 31.4 Å². The summed E-state index contributed by atoms with van der Waals surface area (Å²) >= 11 is 3.20. The molecule has 0 saturated carbocycles. The van der Waals surface area contributed by atoms with Crippen LogP contribution in [0.1, 0.15) is 30.1 Å². The van der Waals surface area contributed by atoms with E-state index in [0.717, 1.165) is 5.56 Å².